The molecule has 0 radical (unpaired) electrons. The van der Waals surface area contributed by atoms with Crippen molar-refractivity contribution in [2.24, 2.45) is 5.10 Å². The summed E-state index contributed by atoms with van der Waals surface area (Å²) in [6, 6.07) is 12.4. The molecule has 0 saturated carbocycles. The normalized spacial score (nSPS) is 15.5. The van der Waals surface area contributed by atoms with Crippen molar-refractivity contribution in [1.82, 2.24) is 5.01 Å². The van der Waals surface area contributed by atoms with E-state index < -0.39 is 12.0 Å². The molecule has 0 saturated heterocycles. The Morgan fingerprint density at radius 1 is 1.03 bits per heavy atom. The number of carbonyl (C=O) groups is 2. The first-order valence-corrected chi connectivity index (χ1v) is 9.45. The lowest BCUT2D eigenvalue weighted by Crippen LogP contribution is -2.27. The van der Waals surface area contributed by atoms with Crippen molar-refractivity contribution < 1.29 is 28.9 Å². The van der Waals surface area contributed by atoms with E-state index in [4.69, 9.17) is 19.3 Å². The number of hydrogen-bond acceptors (Lipinski definition) is 6. The van der Waals surface area contributed by atoms with Crippen molar-refractivity contribution in [3.05, 3.63) is 53.6 Å². The molecule has 1 heterocycles. The molecule has 3 rings (SSSR count). The van der Waals surface area contributed by atoms with Crippen molar-refractivity contribution in [2.75, 3.05) is 21.3 Å². The Bertz CT molecular complexity index is 955. The third-order valence-electron chi connectivity index (χ3n) is 4.93. The number of carboxylic acid groups (broad SMARTS) is 1. The van der Waals surface area contributed by atoms with Gasteiger partial charge < -0.3 is 19.3 Å². The number of hydrogen-bond donors (Lipinski definition) is 1. The van der Waals surface area contributed by atoms with Crippen molar-refractivity contribution in [1.29, 1.82) is 0 Å². The number of amides is 1. The molecule has 1 atom stereocenters. The smallest absolute Gasteiger partial charge is 0.303 e. The molecule has 8 heteroatoms. The second kappa shape index (κ2) is 9.30. The molecule has 1 aliphatic rings. The van der Waals surface area contributed by atoms with Gasteiger partial charge in [0.05, 0.1) is 39.5 Å². The Balaban J connectivity index is 1.98. The fraction of sp³-hybridized carbons (Fsp3) is 0.318. The van der Waals surface area contributed by atoms with Crippen molar-refractivity contribution in [3.63, 3.8) is 0 Å². The number of aliphatic carboxylic acids is 1. The van der Waals surface area contributed by atoms with Gasteiger partial charge in [-0.05, 0) is 35.9 Å². The molecule has 8 nitrogen and oxygen atoms in total. The van der Waals surface area contributed by atoms with E-state index in [1.807, 2.05) is 36.4 Å². The third kappa shape index (κ3) is 4.37. The van der Waals surface area contributed by atoms with Gasteiger partial charge in [-0.25, -0.2) is 5.01 Å². The molecule has 1 N–H and O–H groups in total. The number of nitrogens with zero attached hydrogens (tertiary/aromatic N) is 2. The van der Waals surface area contributed by atoms with E-state index in [2.05, 4.69) is 5.10 Å². The first kappa shape index (κ1) is 21.2. The molecule has 0 aromatic heterocycles. The number of methoxy groups -OCH3 is 3. The quantitative estimate of drug-likeness (QED) is 0.715. The first-order chi connectivity index (χ1) is 14.5. The minimum Gasteiger partial charge on any atom is -0.497 e. The third-order valence-corrected chi connectivity index (χ3v) is 4.93. The highest BCUT2D eigenvalue weighted by Gasteiger charge is 2.35. The van der Waals surface area contributed by atoms with Gasteiger partial charge in [0.1, 0.15) is 5.75 Å². The molecule has 0 unspecified atom stereocenters. The number of benzene rings is 2. The average molecular weight is 412 g/mol. The van der Waals surface area contributed by atoms with Gasteiger partial charge in [-0.3, -0.25) is 9.59 Å². The standard InChI is InChI=1S/C22H24N2O6/c1-28-15-9-7-14(8-10-15)17-13-18(24(23-17)20(25)11-12-21(26)27)16-5-4-6-19(29-2)22(16)30-3/h4-10,18H,11-13H2,1-3H3,(H,26,27)/t18-/m0/s1. The van der Waals surface area contributed by atoms with Crippen LogP contribution in [-0.4, -0.2) is 49.0 Å². The second-order valence-corrected chi connectivity index (χ2v) is 6.71. The van der Waals surface area contributed by atoms with E-state index >= 15 is 0 Å². The maximum Gasteiger partial charge on any atom is 0.303 e. The predicted molar refractivity (Wildman–Crippen MR) is 110 cm³/mol. The Morgan fingerprint density at radius 3 is 2.37 bits per heavy atom. The molecule has 30 heavy (non-hydrogen) atoms. The van der Waals surface area contributed by atoms with Crippen LogP contribution < -0.4 is 14.2 Å². The van der Waals surface area contributed by atoms with Crippen LogP contribution in [0.15, 0.2) is 47.6 Å². The fourth-order valence-electron chi connectivity index (χ4n) is 3.44. The molecule has 1 aliphatic heterocycles. The summed E-state index contributed by atoms with van der Waals surface area (Å²) < 4.78 is 16.1. The zero-order chi connectivity index (χ0) is 21.7. The van der Waals surface area contributed by atoms with E-state index in [9.17, 15) is 9.59 Å². The van der Waals surface area contributed by atoms with Crippen LogP contribution in [0, 0.1) is 0 Å². The number of carboxylic acids is 1. The van der Waals surface area contributed by atoms with Gasteiger partial charge in [-0.2, -0.15) is 5.10 Å². The van der Waals surface area contributed by atoms with Crippen molar-refractivity contribution >= 4 is 17.6 Å². The molecule has 0 bridgehead atoms. The summed E-state index contributed by atoms with van der Waals surface area (Å²) in [6.45, 7) is 0. The van der Waals surface area contributed by atoms with E-state index in [1.165, 1.54) is 12.1 Å². The lowest BCUT2D eigenvalue weighted by molar-refractivity contribution is -0.141. The second-order valence-electron chi connectivity index (χ2n) is 6.71. The fourth-order valence-corrected chi connectivity index (χ4v) is 3.44. The summed E-state index contributed by atoms with van der Waals surface area (Å²) in [5, 5.41) is 14.9. The molecule has 0 fully saturated rings. The minimum atomic E-state index is -1.03. The van der Waals surface area contributed by atoms with E-state index in [-0.39, 0.29) is 18.7 Å². The van der Waals surface area contributed by atoms with Gasteiger partial charge in [-0.1, -0.05) is 12.1 Å². The number of para-hydroxylation sites is 1. The monoisotopic (exact) mass is 412 g/mol. The molecular formula is C22H24N2O6. The maximum atomic E-state index is 12.8. The summed E-state index contributed by atoms with van der Waals surface area (Å²) in [7, 11) is 4.68. The number of carbonyl (C=O) groups excluding carboxylic acids is 1. The largest absolute Gasteiger partial charge is 0.497 e. The zero-order valence-electron chi connectivity index (χ0n) is 17.1. The summed E-state index contributed by atoms with van der Waals surface area (Å²) in [4.78, 5) is 23.8. The molecule has 158 valence electrons. The average Bonchev–Trinajstić information content (AvgIpc) is 3.22. The van der Waals surface area contributed by atoms with Crippen LogP contribution in [0.3, 0.4) is 0 Å². The first-order valence-electron chi connectivity index (χ1n) is 9.45. The summed E-state index contributed by atoms with van der Waals surface area (Å²) in [6.07, 6.45) is 0.0524. The highest BCUT2D eigenvalue weighted by atomic mass is 16.5. The van der Waals surface area contributed by atoms with E-state index in [0.717, 1.165) is 22.6 Å². The lowest BCUT2D eigenvalue weighted by atomic mass is 9.97. The van der Waals surface area contributed by atoms with Crippen LogP contribution >= 0.6 is 0 Å². The van der Waals surface area contributed by atoms with Crippen LogP contribution in [-0.2, 0) is 9.59 Å². The van der Waals surface area contributed by atoms with Gasteiger partial charge in [0.2, 0.25) is 5.91 Å². The van der Waals surface area contributed by atoms with Crippen molar-refractivity contribution in [3.8, 4) is 17.2 Å². The molecule has 0 aliphatic carbocycles. The van der Waals surface area contributed by atoms with Crippen LogP contribution in [0.25, 0.3) is 0 Å². The summed E-state index contributed by atoms with van der Waals surface area (Å²) >= 11 is 0. The SMILES string of the molecule is COc1ccc(C2=NN(C(=O)CCC(=O)O)[C@H](c3cccc(OC)c3OC)C2)cc1. The molecular weight excluding hydrogens is 388 g/mol. The topological polar surface area (TPSA) is 97.7 Å². The maximum absolute atomic E-state index is 12.8. The zero-order valence-corrected chi connectivity index (χ0v) is 17.1. The molecule has 2 aromatic rings. The number of rotatable bonds is 8. The number of ether oxygens (including phenoxy) is 3. The predicted octanol–water partition coefficient (Wildman–Crippen LogP) is 3.25. The molecule has 2 aromatic carbocycles. The Labute approximate surface area is 174 Å². The van der Waals surface area contributed by atoms with Gasteiger partial charge >= 0.3 is 5.97 Å². The van der Waals surface area contributed by atoms with Crippen molar-refractivity contribution in [2.45, 2.75) is 25.3 Å². The van der Waals surface area contributed by atoms with E-state index in [0.29, 0.717) is 17.9 Å². The lowest BCUT2D eigenvalue weighted by Gasteiger charge is -2.24. The highest BCUT2D eigenvalue weighted by Crippen LogP contribution is 2.42. The highest BCUT2D eigenvalue weighted by molar-refractivity contribution is 6.03. The van der Waals surface area contributed by atoms with Crippen LogP contribution in [0.2, 0.25) is 0 Å². The molecule has 1 amide bonds. The summed E-state index contributed by atoms with van der Waals surface area (Å²) in [5.41, 5.74) is 2.32. The number of hydrazone groups is 1. The minimum absolute atomic E-state index is 0.141. The van der Waals surface area contributed by atoms with Gasteiger partial charge in [0.15, 0.2) is 11.5 Å². The Kier molecular flexibility index (Phi) is 6.56. The van der Waals surface area contributed by atoms with Crippen LogP contribution in [0.5, 0.6) is 17.2 Å². The van der Waals surface area contributed by atoms with Gasteiger partial charge in [0, 0.05) is 18.4 Å². The van der Waals surface area contributed by atoms with Crippen LogP contribution in [0.1, 0.15) is 36.4 Å². The Morgan fingerprint density at radius 2 is 1.77 bits per heavy atom. The van der Waals surface area contributed by atoms with Crippen LogP contribution in [0.4, 0.5) is 0 Å². The Hall–Kier alpha value is -3.55. The van der Waals surface area contributed by atoms with E-state index in [1.54, 1.807) is 20.3 Å². The van der Waals surface area contributed by atoms with Gasteiger partial charge in [0.25, 0.3) is 0 Å². The van der Waals surface area contributed by atoms with Gasteiger partial charge in [-0.15, -0.1) is 0 Å². The molecule has 0 spiro atoms. The summed E-state index contributed by atoms with van der Waals surface area (Å²) in [5.74, 6) is 0.393.